The van der Waals surface area contributed by atoms with Crippen LogP contribution in [-0.2, 0) is 16.5 Å². The molecule has 2 aromatic heterocycles. The number of rotatable bonds is 5. The number of hydrogen-bond donors (Lipinski definition) is 0. The Morgan fingerprint density at radius 1 is 1.29 bits per heavy atom. The molecule has 8 nitrogen and oxygen atoms in total. The van der Waals surface area contributed by atoms with Crippen LogP contribution in [0.5, 0.6) is 0 Å². The fourth-order valence-corrected chi connectivity index (χ4v) is 3.72. The van der Waals surface area contributed by atoms with E-state index in [0.717, 1.165) is 4.47 Å². The second kappa shape index (κ2) is 9.23. The predicted octanol–water partition coefficient (Wildman–Crippen LogP) is 3.44. The molecule has 0 radical (unpaired) electrons. The van der Waals surface area contributed by atoms with E-state index in [1.807, 2.05) is 20.8 Å². The lowest BCUT2D eigenvalue weighted by Gasteiger charge is -2.31. The molecular formula is C22H27BrN4O4. The highest BCUT2D eigenvalue weighted by molar-refractivity contribution is 9.10. The van der Waals surface area contributed by atoms with E-state index in [4.69, 9.17) is 9.47 Å². The standard InChI is InChI=1S/C22H27BrN4O4/c1-15(31-22(2,3)4)27(18-12-17(23)14-25(5)21(18)29)19-7-6-16(13-24-19)20(28)26-8-10-30-11-9-26/h6-7,12-14H,1,8-11H2,2-5H3. The van der Waals surface area contributed by atoms with Crippen LogP contribution in [0.2, 0.25) is 0 Å². The van der Waals surface area contributed by atoms with E-state index in [-0.39, 0.29) is 17.3 Å². The Hall–Kier alpha value is -2.65. The van der Waals surface area contributed by atoms with Gasteiger partial charge in [0.25, 0.3) is 11.5 Å². The van der Waals surface area contributed by atoms with Gasteiger partial charge in [0.05, 0.1) is 18.8 Å². The second-order valence-corrected chi connectivity index (χ2v) is 9.13. The highest BCUT2D eigenvalue weighted by atomic mass is 79.9. The summed E-state index contributed by atoms with van der Waals surface area (Å²) in [5, 5.41) is 0. The minimum atomic E-state index is -0.529. The Morgan fingerprint density at radius 2 is 1.97 bits per heavy atom. The van der Waals surface area contributed by atoms with Crippen LogP contribution in [-0.4, -0.2) is 52.3 Å². The van der Waals surface area contributed by atoms with Gasteiger partial charge in [-0.3, -0.25) is 14.5 Å². The first-order chi connectivity index (χ1) is 14.6. The van der Waals surface area contributed by atoms with Crippen molar-refractivity contribution < 1.29 is 14.3 Å². The molecule has 31 heavy (non-hydrogen) atoms. The molecule has 1 aliphatic heterocycles. The summed E-state index contributed by atoms with van der Waals surface area (Å²) < 4.78 is 13.4. The first-order valence-electron chi connectivity index (χ1n) is 9.94. The zero-order valence-electron chi connectivity index (χ0n) is 18.2. The summed E-state index contributed by atoms with van der Waals surface area (Å²) in [6.07, 6.45) is 3.18. The molecule has 0 saturated carbocycles. The van der Waals surface area contributed by atoms with E-state index in [1.165, 1.54) is 10.8 Å². The highest BCUT2D eigenvalue weighted by Gasteiger charge is 2.25. The van der Waals surface area contributed by atoms with Crippen LogP contribution in [0.4, 0.5) is 11.5 Å². The Balaban J connectivity index is 1.99. The van der Waals surface area contributed by atoms with Crippen molar-refractivity contribution in [2.45, 2.75) is 26.4 Å². The fourth-order valence-electron chi connectivity index (χ4n) is 3.19. The van der Waals surface area contributed by atoms with Gasteiger partial charge in [0.15, 0.2) is 5.88 Å². The second-order valence-electron chi connectivity index (χ2n) is 8.21. The zero-order chi connectivity index (χ0) is 22.8. The quantitative estimate of drug-likeness (QED) is 0.597. The number of amides is 1. The maximum absolute atomic E-state index is 12.9. The van der Waals surface area contributed by atoms with Gasteiger partial charge in [-0.05, 0) is 61.5 Å². The van der Waals surface area contributed by atoms with E-state index in [1.54, 1.807) is 41.2 Å². The number of hydrogen-bond acceptors (Lipinski definition) is 6. The largest absolute Gasteiger partial charge is 0.473 e. The van der Waals surface area contributed by atoms with Gasteiger partial charge >= 0.3 is 0 Å². The molecule has 9 heteroatoms. The molecule has 3 rings (SSSR count). The summed E-state index contributed by atoms with van der Waals surface area (Å²) in [5.74, 6) is 0.572. The summed E-state index contributed by atoms with van der Waals surface area (Å²) in [7, 11) is 1.67. The maximum Gasteiger partial charge on any atom is 0.274 e. The number of nitrogens with zero attached hydrogens (tertiary/aromatic N) is 4. The van der Waals surface area contributed by atoms with Crippen LogP contribution in [0.15, 0.2) is 52.3 Å². The van der Waals surface area contributed by atoms with E-state index in [0.29, 0.717) is 43.4 Å². The van der Waals surface area contributed by atoms with Crippen molar-refractivity contribution >= 4 is 33.3 Å². The number of anilines is 2. The summed E-state index contributed by atoms with van der Waals surface area (Å²) in [4.78, 5) is 33.4. The molecule has 0 spiro atoms. The highest BCUT2D eigenvalue weighted by Crippen LogP contribution is 2.29. The van der Waals surface area contributed by atoms with Crippen LogP contribution in [0, 0.1) is 0 Å². The number of aryl methyl sites for hydroxylation is 1. The third kappa shape index (κ3) is 5.54. The van der Waals surface area contributed by atoms with E-state index in [9.17, 15) is 9.59 Å². The number of ether oxygens (including phenoxy) is 2. The van der Waals surface area contributed by atoms with Crippen LogP contribution in [0.1, 0.15) is 31.1 Å². The fraction of sp³-hybridized carbons (Fsp3) is 0.409. The smallest absolute Gasteiger partial charge is 0.274 e. The van der Waals surface area contributed by atoms with Crippen LogP contribution >= 0.6 is 15.9 Å². The van der Waals surface area contributed by atoms with Gasteiger partial charge in [-0.1, -0.05) is 0 Å². The minimum Gasteiger partial charge on any atom is -0.473 e. The van der Waals surface area contributed by atoms with Crippen molar-refractivity contribution in [1.82, 2.24) is 14.5 Å². The summed E-state index contributed by atoms with van der Waals surface area (Å²) in [6.45, 7) is 11.9. The third-order valence-corrected chi connectivity index (χ3v) is 5.00. The van der Waals surface area contributed by atoms with E-state index < -0.39 is 5.60 Å². The normalized spacial score (nSPS) is 14.3. The lowest BCUT2D eigenvalue weighted by Crippen LogP contribution is -2.40. The van der Waals surface area contributed by atoms with Crippen molar-refractivity contribution in [3.63, 3.8) is 0 Å². The van der Waals surface area contributed by atoms with Crippen molar-refractivity contribution in [2.24, 2.45) is 7.05 Å². The Labute approximate surface area is 190 Å². The Bertz CT molecular complexity index is 1020. The molecule has 0 aliphatic carbocycles. The monoisotopic (exact) mass is 490 g/mol. The van der Waals surface area contributed by atoms with Crippen molar-refractivity contribution in [3.05, 3.63) is 63.4 Å². The molecule has 0 aromatic carbocycles. The number of aromatic nitrogens is 2. The van der Waals surface area contributed by atoms with Gasteiger partial charge in [0, 0.05) is 37.0 Å². The molecule has 0 unspecified atom stereocenters. The zero-order valence-corrected chi connectivity index (χ0v) is 19.8. The number of carbonyl (C=O) groups is 1. The van der Waals surface area contributed by atoms with Gasteiger partial charge in [-0.25, -0.2) is 4.98 Å². The number of halogens is 1. The number of morpholine rings is 1. The molecule has 3 heterocycles. The molecule has 0 N–H and O–H groups in total. The molecule has 0 bridgehead atoms. The van der Waals surface area contributed by atoms with E-state index >= 15 is 0 Å². The van der Waals surface area contributed by atoms with Crippen LogP contribution in [0.3, 0.4) is 0 Å². The maximum atomic E-state index is 12.9. The number of pyridine rings is 2. The first-order valence-corrected chi connectivity index (χ1v) is 10.7. The average molecular weight is 491 g/mol. The SMILES string of the molecule is C=C(OC(C)(C)C)N(c1ccc(C(=O)N2CCOCC2)cn1)c1cc(Br)cn(C)c1=O. The van der Waals surface area contributed by atoms with Gasteiger partial charge < -0.3 is 18.9 Å². The van der Waals surface area contributed by atoms with Gasteiger partial charge in [0.2, 0.25) is 0 Å². The van der Waals surface area contributed by atoms with Gasteiger partial charge in [-0.15, -0.1) is 0 Å². The van der Waals surface area contributed by atoms with Crippen molar-refractivity contribution in [2.75, 3.05) is 31.2 Å². The predicted molar refractivity (Wildman–Crippen MR) is 122 cm³/mol. The topological polar surface area (TPSA) is 76.9 Å². The van der Waals surface area contributed by atoms with Crippen LogP contribution in [0.25, 0.3) is 0 Å². The average Bonchev–Trinajstić information content (AvgIpc) is 2.71. The Kier molecular flexibility index (Phi) is 6.86. The molecule has 1 amide bonds. The Morgan fingerprint density at radius 3 is 2.55 bits per heavy atom. The summed E-state index contributed by atoms with van der Waals surface area (Å²) in [6, 6.07) is 5.07. The van der Waals surface area contributed by atoms with E-state index in [2.05, 4.69) is 27.5 Å². The molecule has 166 valence electrons. The lowest BCUT2D eigenvalue weighted by molar-refractivity contribution is 0.0302. The molecular weight excluding hydrogens is 464 g/mol. The molecule has 1 fully saturated rings. The lowest BCUT2D eigenvalue weighted by atomic mass is 10.2. The van der Waals surface area contributed by atoms with Crippen molar-refractivity contribution in [3.8, 4) is 0 Å². The first kappa shape index (κ1) is 23.0. The van der Waals surface area contributed by atoms with Crippen LogP contribution < -0.4 is 10.5 Å². The third-order valence-electron chi connectivity index (χ3n) is 4.57. The molecule has 1 aliphatic rings. The van der Waals surface area contributed by atoms with Gasteiger partial charge in [0.1, 0.15) is 17.1 Å². The summed E-state index contributed by atoms with van der Waals surface area (Å²) >= 11 is 3.44. The molecule has 1 saturated heterocycles. The number of carbonyl (C=O) groups excluding carboxylic acids is 1. The summed E-state index contributed by atoms with van der Waals surface area (Å²) in [5.41, 5.74) is 0.0249. The van der Waals surface area contributed by atoms with Crippen molar-refractivity contribution in [1.29, 1.82) is 0 Å². The molecule has 0 atom stereocenters. The molecule has 2 aromatic rings. The minimum absolute atomic E-state index is 0.1000. The van der Waals surface area contributed by atoms with Gasteiger partial charge in [-0.2, -0.15) is 0 Å².